The number of nitrogens with zero attached hydrogens (tertiary/aromatic N) is 4. The van der Waals surface area contributed by atoms with Crippen molar-refractivity contribution in [1.29, 1.82) is 0 Å². The third kappa shape index (κ3) is 6.07. The molecular formula is C28H29BClN5O5. The summed E-state index contributed by atoms with van der Waals surface area (Å²) >= 11 is 5.90. The first kappa shape index (κ1) is 27.9. The number of benzene rings is 1. The summed E-state index contributed by atoms with van der Waals surface area (Å²) in [5, 5.41) is 0.164. The van der Waals surface area contributed by atoms with Crippen LogP contribution >= 0.6 is 11.6 Å². The second-order valence-electron chi connectivity index (χ2n) is 10.3. The number of carbonyl (C=O) groups is 1. The zero-order valence-corrected chi connectivity index (χ0v) is 23.4. The molecule has 0 atom stereocenters. The molecule has 2 aliphatic heterocycles. The summed E-state index contributed by atoms with van der Waals surface area (Å²) in [5.74, 6) is 0.693. The van der Waals surface area contributed by atoms with Gasteiger partial charge in [-0.05, 0) is 76.0 Å². The number of pyridine rings is 1. The van der Waals surface area contributed by atoms with Gasteiger partial charge in [-0.25, -0.2) is 19.9 Å². The topological polar surface area (TPSA) is 121 Å². The van der Waals surface area contributed by atoms with Gasteiger partial charge in [0.1, 0.15) is 5.75 Å². The Bertz CT molecular complexity index is 1490. The van der Waals surface area contributed by atoms with E-state index in [4.69, 9.17) is 30.4 Å². The Morgan fingerprint density at radius 2 is 1.73 bits per heavy atom. The van der Waals surface area contributed by atoms with Crippen LogP contribution in [0.15, 0.2) is 66.5 Å². The summed E-state index contributed by atoms with van der Waals surface area (Å²) in [7, 11) is -0.182. The van der Waals surface area contributed by atoms with Crippen molar-refractivity contribution in [2.45, 2.75) is 45.3 Å². The van der Waals surface area contributed by atoms with Crippen molar-refractivity contribution < 1.29 is 23.6 Å². The number of aromatic amines is 1. The molecule has 0 aliphatic carbocycles. The van der Waals surface area contributed by atoms with E-state index in [0.29, 0.717) is 29.1 Å². The highest BCUT2D eigenvalue weighted by molar-refractivity contribution is 6.54. The molecule has 0 spiro atoms. The zero-order valence-electron chi connectivity index (χ0n) is 22.7. The van der Waals surface area contributed by atoms with Crippen LogP contribution in [0.5, 0.6) is 11.6 Å². The summed E-state index contributed by atoms with van der Waals surface area (Å²) < 4.78 is 22.7. The fourth-order valence-electron chi connectivity index (χ4n) is 4.00. The maximum atomic E-state index is 12.5. The maximum absolute atomic E-state index is 12.5. The van der Waals surface area contributed by atoms with Crippen molar-refractivity contribution in [2.75, 3.05) is 13.2 Å². The van der Waals surface area contributed by atoms with Gasteiger partial charge in [0.2, 0.25) is 5.78 Å². The summed E-state index contributed by atoms with van der Waals surface area (Å²) in [6, 6.07) is 10.2. The molecule has 1 N–H and O–H groups in total. The lowest BCUT2D eigenvalue weighted by molar-refractivity contribution is 0.00578. The van der Waals surface area contributed by atoms with E-state index in [0.717, 1.165) is 13.0 Å². The second-order valence-corrected chi connectivity index (χ2v) is 10.6. The van der Waals surface area contributed by atoms with Gasteiger partial charge in [-0.2, -0.15) is 0 Å². The standard InChI is InChI=1S/C17H10ClN5O2.C11H19BO3/c18-14-17(21-9-8-19-14)25-11-5-3-10(4-6-11)13(24)16-22-12-2-1-7-20-15(12)23-16;1-10(2)11(3,4)15-12(14-10)9-5-7-13-8-6-9/h1-9H,(H,20,22,23);5H,6-8H2,1-4H3. The van der Waals surface area contributed by atoms with E-state index >= 15 is 0 Å². The van der Waals surface area contributed by atoms with Crippen molar-refractivity contribution in [3.8, 4) is 11.6 Å². The van der Waals surface area contributed by atoms with E-state index in [1.807, 2.05) is 6.07 Å². The van der Waals surface area contributed by atoms with Crippen LogP contribution in [0.25, 0.3) is 11.2 Å². The van der Waals surface area contributed by atoms with Gasteiger partial charge >= 0.3 is 7.12 Å². The molecule has 5 heterocycles. The van der Waals surface area contributed by atoms with E-state index in [9.17, 15) is 4.79 Å². The third-order valence-electron chi connectivity index (χ3n) is 6.98. The molecule has 2 aliphatic rings. The molecule has 12 heteroatoms. The number of rotatable bonds is 5. The minimum absolute atomic E-state index is 0.164. The first-order valence-electron chi connectivity index (χ1n) is 12.9. The first-order valence-corrected chi connectivity index (χ1v) is 13.2. The van der Waals surface area contributed by atoms with Crippen LogP contribution < -0.4 is 4.74 Å². The lowest BCUT2D eigenvalue weighted by Gasteiger charge is -2.32. The van der Waals surface area contributed by atoms with Crippen molar-refractivity contribution >= 4 is 35.7 Å². The number of halogens is 1. The fourth-order valence-corrected chi connectivity index (χ4v) is 4.15. The molecule has 0 radical (unpaired) electrons. The predicted molar refractivity (Wildman–Crippen MR) is 150 cm³/mol. The second kappa shape index (κ2) is 11.5. The lowest BCUT2D eigenvalue weighted by atomic mass is 9.75. The minimum atomic E-state index is -0.239. The van der Waals surface area contributed by atoms with Gasteiger partial charge in [0, 0.05) is 24.2 Å². The maximum Gasteiger partial charge on any atom is 0.490 e. The Balaban J connectivity index is 0.000000184. The number of ketones is 1. The third-order valence-corrected chi connectivity index (χ3v) is 7.24. The van der Waals surface area contributed by atoms with Crippen molar-refractivity contribution in [2.24, 2.45) is 0 Å². The number of ether oxygens (including phenoxy) is 2. The quantitative estimate of drug-likeness (QED) is 0.252. The number of nitrogens with one attached hydrogen (secondary N) is 1. The minimum Gasteiger partial charge on any atom is -0.436 e. The molecule has 6 rings (SSSR count). The number of hydrogen-bond donors (Lipinski definition) is 1. The van der Waals surface area contributed by atoms with Gasteiger partial charge in [0.15, 0.2) is 16.6 Å². The van der Waals surface area contributed by atoms with Gasteiger partial charge in [0.05, 0.1) is 29.9 Å². The van der Waals surface area contributed by atoms with Crippen LogP contribution in [0.1, 0.15) is 50.3 Å². The number of hydrogen-bond acceptors (Lipinski definition) is 9. The number of carbonyl (C=O) groups excluding carboxylic acids is 1. The van der Waals surface area contributed by atoms with Crippen molar-refractivity contribution in [3.05, 3.63) is 83.1 Å². The van der Waals surface area contributed by atoms with E-state index in [1.54, 1.807) is 36.5 Å². The number of fused-ring (bicyclic) bond motifs is 1. The Kier molecular flexibility index (Phi) is 8.00. The summed E-state index contributed by atoms with van der Waals surface area (Å²) in [5.41, 5.74) is 2.43. The predicted octanol–water partition coefficient (Wildman–Crippen LogP) is 5.39. The van der Waals surface area contributed by atoms with Crippen molar-refractivity contribution in [1.82, 2.24) is 24.9 Å². The number of imidazole rings is 1. The molecule has 40 heavy (non-hydrogen) atoms. The molecule has 1 aromatic carbocycles. The van der Waals surface area contributed by atoms with Crippen LogP contribution in [0.3, 0.4) is 0 Å². The van der Waals surface area contributed by atoms with Crippen molar-refractivity contribution in [3.63, 3.8) is 0 Å². The van der Waals surface area contributed by atoms with Gasteiger partial charge in [-0.1, -0.05) is 17.7 Å². The summed E-state index contributed by atoms with van der Waals surface area (Å²) in [4.78, 5) is 31.7. The van der Waals surface area contributed by atoms with Crippen LogP contribution in [-0.2, 0) is 14.0 Å². The molecular weight excluding hydrogens is 533 g/mol. The lowest BCUT2D eigenvalue weighted by Crippen LogP contribution is -2.41. The monoisotopic (exact) mass is 561 g/mol. The average Bonchev–Trinajstić information content (AvgIpc) is 3.48. The number of aromatic nitrogens is 5. The van der Waals surface area contributed by atoms with Crippen LogP contribution in [0.4, 0.5) is 0 Å². The molecule has 0 bridgehead atoms. The molecule has 0 amide bonds. The van der Waals surface area contributed by atoms with E-state index in [-0.39, 0.29) is 41.0 Å². The molecule has 10 nitrogen and oxygen atoms in total. The fraction of sp³-hybridized carbons (Fsp3) is 0.321. The van der Waals surface area contributed by atoms with Gasteiger partial charge < -0.3 is 23.8 Å². The molecule has 4 aromatic rings. The van der Waals surface area contributed by atoms with Crippen LogP contribution in [0.2, 0.25) is 5.15 Å². The van der Waals surface area contributed by atoms with Gasteiger partial charge in [0.25, 0.3) is 5.88 Å². The molecule has 206 valence electrons. The van der Waals surface area contributed by atoms with E-state index in [2.05, 4.69) is 58.7 Å². The summed E-state index contributed by atoms with van der Waals surface area (Å²) in [6.45, 7) is 9.76. The Hall–Kier alpha value is -3.64. The van der Waals surface area contributed by atoms with Crippen LogP contribution in [0, 0.1) is 0 Å². The summed E-state index contributed by atoms with van der Waals surface area (Å²) in [6.07, 6.45) is 7.57. The van der Waals surface area contributed by atoms with Crippen LogP contribution in [-0.4, -0.2) is 62.2 Å². The highest BCUT2D eigenvalue weighted by Crippen LogP contribution is 2.39. The average molecular weight is 562 g/mol. The zero-order chi connectivity index (χ0) is 28.3. The Morgan fingerprint density at radius 3 is 2.38 bits per heavy atom. The SMILES string of the molecule is CC1(C)OB(C2=CCOCC2)OC1(C)C.O=C(c1ccc(Oc2nccnc2Cl)cc1)c1nc2ncccc2[nH]1. The molecule has 1 fully saturated rings. The Labute approximate surface area is 237 Å². The van der Waals surface area contributed by atoms with E-state index in [1.165, 1.54) is 17.9 Å². The number of H-pyrrole nitrogens is 1. The largest absolute Gasteiger partial charge is 0.490 e. The Morgan fingerprint density at radius 1 is 1.00 bits per heavy atom. The highest BCUT2D eigenvalue weighted by atomic mass is 35.5. The normalized spacial score (nSPS) is 17.6. The molecule has 0 saturated carbocycles. The molecule has 3 aromatic heterocycles. The molecule has 0 unspecified atom stereocenters. The smallest absolute Gasteiger partial charge is 0.436 e. The van der Waals surface area contributed by atoms with E-state index < -0.39 is 0 Å². The first-order chi connectivity index (χ1) is 19.1. The van der Waals surface area contributed by atoms with Gasteiger partial charge in [-0.3, -0.25) is 4.79 Å². The van der Waals surface area contributed by atoms with Gasteiger partial charge in [-0.15, -0.1) is 0 Å². The highest BCUT2D eigenvalue weighted by Gasteiger charge is 2.52. The molecule has 1 saturated heterocycles.